The lowest BCUT2D eigenvalue weighted by atomic mass is 10.0. The Kier molecular flexibility index (Phi) is 3.95. The Balaban J connectivity index is 1.99. The summed E-state index contributed by atoms with van der Waals surface area (Å²) in [6, 6.07) is 8.29. The first-order chi connectivity index (χ1) is 12.6. The van der Waals surface area contributed by atoms with Crippen LogP contribution < -0.4 is 5.43 Å². The van der Waals surface area contributed by atoms with Gasteiger partial charge in [-0.05, 0) is 44.2 Å². The van der Waals surface area contributed by atoms with Gasteiger partial charge in [-0.1, -0.05) is 12.1 Å². The third-order valence-corrected chi connectivity index (χ3v) is 4.92. The van der Waals surface area contributed by atoms with E-state index in [1.807, 2.05) is 6.20 Å². The Morgan fingerprint density at radius 3 is 2.65 bits per heavy atom. The molecule has 0 saturated carbocycles. The molecule has 26 heavy (non-hydrogen) atoms. The fraction of sp³-hybridized carbons (Fsp3) is 0.250. The fourth-order valence-electron chi connectivity index (χ4n) is 3.53. The molecular weight excluding hydrogens is 332 g/mol. The summed E-state index contributed by atoms with van der Waals surface area (Å²) in [7, 11) is 0. The predicted molar refractivity (Wildman–Crippen MR) is 101 cm³/mol. The molecule has 3 aromatic rings. The second-order valence-corrected chi connectivity index (χ2v) is 6.55. The quantitative estimate of drug-likeness (QED) is 0.401. The third kappa shape index (κ3) is 2.63. The number of nitro groups is 1. The van der Waals surface area contributed by atoms with Crippen molar-refractivity contribution in [3.8, 4) is 0 Å². The minimum absolute atomic E-state index is 0.0759. The maximum absolute atomic E-state index is 12.8. The highest BCUT2D eigenvalue weighted by Gasteiger charge is 2.21. The van der Waals surface area contributed by atoms with Gasteiger partial charge in [0.15, 0.2) is 0 Å². The van der Waals surface area contributed by atoms with Crippen LogP contribution in [0.4, 0.5) is 5.69 Å². The molecule has 0 N–H and O–H groups in total. The van der Waals surface area contributed by atoms with Gasteiger partial charge in [0.1, 0.15) is 11.2 Å². The average Bonchev–Trinajstić information content (AvgIpc) is 3.15. The van der Waals surface area contributed by atoms with Crippen molar-refractivity contribution in [3.05, 3.63) is 68.0 Å². The number of nitro benzene ring substituents is 1. The lowest BCUT2D eigenvalue weighted by Gasteiger charge is -2.12. The highest BCUT2D eigenvalue weighted by Crippen LogP contribution is 2.32. The Hall–Kier alpha value is -3.15. The molecule has 6 heteroatoms. The van der Waals surface area contributed by atoms with Gasteiger partial charge in [-0.2, -0.15) is 0 Å². The van der Waals surface area contributed by atoms with Crippen molar-refractivity contribution < 1.29 is 9.34 Å². The van der Waals surface area contributed by atoms with Crippen molar-refractivity contribution in [1.29, 1.82) is 0 Å². The lowest BCUT2D eigenvalue weighted by molar-refractivity contribution is -0.385. The summed E-state index contributed by atoms with van der Waals surface area (Å²) in [4.78, 5) is 26.1. The second kappa shape index (κ2) is 6.29. The Bertz CT molecular complexity index is 1110. The normalized spacial score (nSPS) is 14.7. The number of hydrogen-bond acceptors (Lipinski definition) is 5. The Morgan fingerprint density at radius 2 is 1.92 bits per heavy atom. The van der Waals surface area contributed by atoms with Gasteiger partial charge in [0.25, 0.3) is 5.69 Å². The van der Waals surface area contributed by atoms with Crippen molar-refractivity contribution in [2.24, 2.45) is 0 Å². The number of aryl methyl sites for hydroxylation is 1. The van der Waals surface area contributed by atoms with Crippen LogP contribution in [0.1, 0.15) is 24.0 Å². The summed E-state index contributed by atoms with van der Waals surface area (Å²) in [6.45, 7) is 3.67. The summed E-state index contributed by atoms with van der Waals surface area (Å²) in [6.07, 6.45) is 5.91. The number of nitrogens with zero attached hydrogens (tertiary/aromatic N) is 2. The topological polar surface area (TPSA) is 76.6 Å². The molecule has 1 aromatic heterocycles. The molecule has 1 aliphatic rings. The first-order valence-corrected chi connectivity index (χ1v) is 8.62. The zero-order chi connectivity index (χ0) is 18.3. The van der Waals surface area contributed by atoms with E-state index >= 15 is 0 Å². The van der Waals surface area contributed by atoms with Gasteiger partial charge in [0, 0.05) is 24.7 Å². The van der Waals surface area contributed by atoms with Gasteiger partial charge in [0.2, 0.25) is 5.43 Å². The number of rotatable bonds is 3. The van der Waals surface area contributed by atoms with E-state index in [0.717, 1.165) is 25.9 Å². The molecule has 1 aliphatic heterocycles. The molecule has 2 aromatic carbocycles. The number of benzene rings is 2. The molecule has 1 fully saturated rings. The van der Waals surface area contributed by atoms with Crippen LogP contribution in [0.3, 0.4) is 0 Å². The predicted octanol–water partition coefficient (Wildman–Crippen LogP) is 4.23. The number of para-hydroxylation sites is 1. The Labute approximate surface area is 149 Å². The maximum Gasteiger partial charge on any atom is 0.277 e. The van der Waals surface area contributed by atoms with Gasteiger partial charge in [-0.15, -0.1) is 0 Å². The van der Waals surface area contributed by atoms with Crippen LogP contribution in [-0.4, -0.2) is 22.9 Å². The molecule has 1 saturated heterocycles. The van der Waals surface area contributed by atoms with Crippen LogP contribution in [0.5, 0.6) is 0 Å². The van der Waals surface area contributed by atoms with Crippen LogP contribution in [0.15, 0.2) is 45.7 Å². The zero-order valence-electron chi connectivity index (χ0n) is 14.4. The van der Waals surface area contributed by atoms with E-state index in [1.54, 1.807) is 37.3 Å². The summed E-state index contributed by atoms with van der Waals surface area (Å²) < 4.78 is 5.93. The van der Waals surface area contributed by atoms with E-state index in [0.29, 0.717) is 27.7 Å². The molecule has 0 bridgehead atoms. The summed E-state index contributed by atoms with van der Waals surface area (Å²) >= 11 is 0. The molecule has 0 unspecified atom stereocenters. The van der Waals surface area contributed by atoms with E-state index in [4.69, 9.17) is 4.42 Å². The van der Waals surface area contributed by atoms with E-state index in [1.165, 1.54) is 6.07 Å². The van der Waals surface area contributed by atoms with Gasteiger partial charge in [-0.3, -0.25) is 14.9 Å². The van der Waals surface area contributed by atoms with Crippen LogP contribution in [0.25, 0.3) is 28.0 Å². The second-order valence-electron chi connectivity index (χ2n) is 6.55. The smallest absolute Gasteiger partial charge is 0.277 e. The molecule has 6 nitrogen and oxygen atoms in total. The maximum atomic E-state index is 12.8. The molecular formula is C20H18N2O4. The molecule has 132 valence electrons. The monoisotopic (exact) mass is 350 g/mol. The van der Waals surface area contributed by atoms with E-state index in [2.05, 4.69) is 4.90 Å². The molecule has 0 atom stereocenters. The van der Waals surface area contributed by atoms with E-state index in [9.17, 15) is 14.9 Å². The fourth-order valence-corrected chi connectivity index (χ4v) is 3.53. The highest BCUT2D eigenvalue weighted by molar-refractivity contribution is 5.94. The molecule has 0 aliphatic carbocycles. The number of hydrogen-bond donors (Lipinski definition) is 0. The first kappa shape index (κ1) is 16.3. The average molecular weight is 350 g/mol. The van der Waals surface area contributed by atoms with Crippen molar-refractivity contribution >= 4 is 33.7 Å². The minimum Gasteiger partial charge on any atom is -0.456 e. The van der Waals surface area contributed by atoms with Crippen LogP contribution in [-0.2, 0) is 0 Å². The molecule has 0 radical (unpaired) electrons. The van der Waals surface area contributed by atoms with Gasteiger partial charge < -0.3 is 9.32 Å². The number of fused-ring (bicyclic) bond motifs is 2. The van der Waals surface area contributed by atoms with Crippen molar-refractivity contribution in [3.63, 3.8) is 0 Å². The van der Waals surface area contributed by atoms with Crippen LogP contribution in [0, 0.1) is 17.0 Å². The van der Waals surface area contributed by atoms with E-state index in [-0.39, 0.29) is 16.5 Å². The van der Waals surface area contributed by atoms with E-state index < -0.39 is 4.92 Å². The third-order valence-electron chi connectivity index (χ3n) is 4.92. The molecule has 4 rings (SSSR count). The molecule has 0 amide bonds. The largest absolute Gasteiger partial charge is 0.456 e. The van der Waals surface area contributed by atoms with Crippen molar-refractivity contribution in [1.82, 2.24) is 4.90 Å². The zero-order valence-corrected chi connectivity index (χ0v) is 14.4. The Morgan fingerprint density at radius 1 is 1.19 bits per heavy atom. The first-order valence-electron chi connectivity index (χ1n) is 8.62. The van der Waals surface area contributed by atoms with Gasteiger partial charge >= 0.3 is 0 Å². The van der Waals surface area contributed by atoms with Crippen LogP contribution >= 0.6 is 0 Å². The minimum atomic E-state index is -0.440. The van der Waals surface area contributed by atoms with Crippen molar-refractivity contribution in [2.75, 3.05) is 13.1 Å². The van der Waals surface area contributed by atoms with Gasteiger partial charge in [0.05, 0.1) is 21.3 Å². The highest BCUT2D eigenvalue weighted by atomic mass is 16.6. The number of likely N-dealkylation sites (tertiary alicyclic amines) is 1. The molecule has 2 heterocycles. The standard InChI is InChI=1S/C20H18N2O4/c1-13-14(8-11-21-9-4-5-10-21)17(22(24)25)12-16-19(23)15-6-2-3-7-18(15)26-20(13)16/h2-3,6-8,11-12H,4-5,9-10H2,1H3/b11-8+. The van der Waals surface area contributed by atoms with Gasteiger partial charge in [-0.25, -0.2) is 0 Å². The van der Waals surface area contributed by atoms with Crippen molar-refractivity contribution in [2.45, 2.75) is 19.8 Å². The summed E-state index contributed by atoms with van der Waals surface area (Å²) in [5, 5.41) is 12.3. The summed E-state index contributed by atoms with van der Waals surface area (Å²) in [5.74, 6) is 0. The lowest BCUT2D eigenvalue weighted by Crippen LogP contribution is -2.10. The molecule has 0 spiro atoms. The van der Waals surface area contributed by atoms with Crippen LogP contribution in [0.2, 0.25) is 0 Å². The summed E-state index contributed by atoms with van der Waals surface area (Å²) in [5.41, 5.74) is 1.65. The SMILES string of the molecule is Cc1c(/C=C/N2CCCC2)c([N+](=O)[O-])cc2c(=O)c3ccccc3oc12.